The molecule has 2 aromatic rings. The molecule has 0 amide bonds. The third-order valence-corrected chi connectivity index (χ3v) is 2.50. The molecule has 0 aliphatic carbocycles. The molecule has 0 aliphatic heterocycles. The van der Waals surface area contributed by atoms with Crippen molar-refractivity contribution in [1.82, 2.24) is 0 Å². The molecule has 0 spiro atoms. The Bertz CT molecular complexity index is 617. The molecule has 96 valence electrons. The Balaban J connectivity index is 2.44. The molecule has 0 fully saturated rings. The predicted octanol–water partition coefficient (Wildman–Crippen LogP) is 2.55. The molecule has 0 saturated heterocycles. The first-order valence-corrected chi connectivity index (χ1v) is 5.69. The largest absolute Gasteiger partial charge is 0.508 e. The van der Waals surface area contributed by atoms with Crippen molar-refractivity contribution < 1.29 is 19.4 Å². The Kier molecular flexibility index (Phi) is 3.61. The number of phenols is 1. The fraction of sp³-hybridized carbons (Fsp3) is 0.0667. The van der Waals surface area contributed by atoms with Crippen LogP contribution in [0.3, 0.4) is 0 Å². The van der Waals surface area contributed by atoms with E-state index in [-0.39, 0.29) is 22.8 Å². The van der Waals surface area contributed by atoms with Gasteiger partial charge in [0.2, 0.25) is 0 Å². The van der Waals surface area contributed by atoms with Crippen LogP contribution in [0.15, 0.2) is 48.5 Å². The van der Waals surface area contributed by atoms with Gasteiger partial charge in [-0.15, -0.1) is 0 Å². The third-order valence-electron chi connectivity index (χ3n) is 2.50. The summed E-state index contributed by atoms with van der Waals surface area (Å²) in [5.74, 6) is -0.827. The van der Waals surface area contributed by atoms with Gasteiger partial charge < -0.3 is 9.84 Å². The molecule has 0 aliphatic rings. The van der Waals surface area contributed by atoms with Crippen LogP contribution in [-0.4, -0.2) is 16.9 Å². The van der Waals surface area contributed by atoms with Crippen molar-refractivity contribution in [1.29, 1.82) is 0 Å². The molecule has 0 radical (unpaired) electrons. The average molecular weight is 256 g/mol. The zero-order chi connectivity index (χ0) is 13.8. The van der Waals surface area contributed by atoms with Gasteiger partial charge >= 0.3 is 5.97 Å². The summed E-state index contributed by atoms with van der Waals surface area (Å²) in [5, 5.41) is 9.40. The number of aromatic hydroxyl groups is 1. The topological polar surface area (TPSA) is 63.6 Å². The average Bonchev–Trinajstić information content (AvgIpc) is 2.38. The summed E-state index contributed by atoms with van der Waals surface area (Å²) >= 11 is 0. The number of phenolic OH excluding ortho intramolecular Hbond substituents is 1. The standard InChI is InChI=1S/C15H12O4/c1-10(16)19-14-9-12(17)7-8-13(14)15(18)11-5-3-2-4-6-11/h2-9,17H,1H3. The first kappa shape index (κ1) is 12.8. The summed E-state index contributed by atoms with van der Waals surface area (Å²) < 4.78 is 4.95. The van der Waals surface area contributed by atoms with Crippen LogP contribution in [0.1, 0.15) is 22.8 Å². The summed E-state index contributed by atoms with van der Waals surface area (Å²) in [6.45, 7) is 1.24. The lowest BCUT2D eigenvalue weighted by molar-refractivity contribution is -0.131. The first-order valence-electron chi connectivity index (χ1n) is 5.69. The van der Waals surface area contributed by atoms with Crippen LogP contribution in [-0.2, 0) is 4.79 Å². The van der Waals surface area contributed by atoms with E-state index in [2.05, 4.69) is 0 Å². The number of carbonyl (C=O) groups is 2. The van der Waals surface area contributed by atoms with Gasteiger partial charge in [0.05, 0.1) is 5.56 Å². The van der Waals surface area contributed by atoms with Gasteiger partial charge in [-0.2, -0.15) is 0 Å². The summed E-state index contributed by atoms with van der Waals surface area (Å²) in [4.78, 5) is 23.3. The van der Waals surface area contributed by atoms with Gasteiger partial charge in [-0.05, 0) is 12.1 Å². The molecule has 0 aromatic heterocycles. The van der Waals surface area contributed by atoms with Crippen LogP contribution in [0.4, 0.5) is 0 Å². The maximum atomic E-state index is 12.3. The molecule has 1 N–H and O–H groups in total. The van der Waals surface area contributed by atoms with Gasteiger partial charge in [-0.25, -0.2) is 0 Å². The molecule has 2 aromatic carbocycles. The summed E-state index contributed by atoms with van der Waals surface area (Å²) in [6, 6.07) is 12.7. The number of ketones is 1. The lowest BCUT2D eigenvalue weighted by Gasteiger charge is -2.08. The van der Waals surface area contributed by atoms with Gasteiger partial charge in [-0.1, -0.05) is 30.3 Å². The van der Waals surface area contributed by atoms with E-state index in [9.17, 15) is 14.7 Å². The number of ether oxygens (including phenoxy) is 1. The van der Waals surface area contributed by atoms with Crippen LogP contribution in [0.5, 0.6) is 11.5 Å². The molecule has 0 atom stereocenters. The molecule has 0 saturated carbocycles. The van der Waals surface area contributed by atoms with Crippen molar-refractivity contribution in [3.63, 3.8) is 0 Å². The predicted molar refractivity (Wildman–Crippen MR) is 69.3 cm³/mol. The Morgan fingerprint density at radius 2 is 1.74 bits per heavy atom. The second kappa shape index (κ2) is 5.35. The minimum absolute atomic E-state index is 0.0568. The Hall–Kier alpha value is -2.62. The minimum atomic E-state index is -0.548. The first-order chi connectivity index (χ1) is 9.08. The Morgan fingerprint density at radius 3 is 2.37 bits per heavy atom. The van der Waals surface area contributed by atoms with E-state index in [0.29, 0.717) is 5.56 Å². The maximum absolute atomic E-state index is 12.3. The molecular formula is C15H12O4. The van der Waals surface area contributed by atoms with Crippen LogP contribution >= 0.6 is 0 Å². The van der Waals surface area contributed by atoms with Gasteiger partial charge in [0.1, 0.15) is 11.5 Å². The summed E-state index contributed by atoms with van der Waals surface area (Å²) in [7, 11) is 0. The van der Waals surface area contributed by atoms with E-state index in [1.165, 1.54) is 25.1 Å². The van der Waals surface area contributed by atoms with Crippen molar-refractivity contribution >= 4 is 11.8 Å². The van der Waals surface area contributed by atoms with Gasteiger partial charge in [-0.3, -0.25) is 9.59 Å². The molecule has 19 heavy (non-hydrogen) atoms. The van der Waals surface area contributed by atoms with E-state index in [4.69, 9.17) is 4.74 Å². The van der Waals surface area contributed by atoms with Crippen molar-refractivity contribution in [3.8, 4) is 11.5 Å². The van der Waals surface area contributed by atoms with Crippen molar-refractivity contribution in [2.45, 2.75) is 6.92 Å². The fourth-order valence-electron chi connectivity index (χ4n) is 1.68. The van der Waals surface area contributed by atoms with Crippen LogP contribution in [0.2, 0.25) is 0 Å². The smallest absolute Gasteiger partial charge is 0.308 e. The Labute approximate surface area is 110 Å². The van der Waals surface area contributed by atoms with Gasteiger partial charge in [0, 0.05) is 18.6 Å². The van der Waals surface area contributed by atoms with E-state index in [1.54, 1.807) is 30.3 Å². The number of benzene rings is 2. The molecule has 0 unspecified atom stereocenters. The molecule has 0 heterocycles. The maximum Gasteiger partial charge on any atom is 0.308 e. The van der Waals surface area contributed by atoms with Crippen molar-refractivity contribution in [3.05, 3.63) is 59.7 Å². The highest BCUT2D eigenvalue weighted by Crippen LogP contribution is 2.26. The van der Waals surface area contributed by atoms with Crippen molar-refractivity contribution in [2.24, 2.45) is 0 Å². The molecule has 0 bridgehead atoms. The lowest BCUT2D eigenvalue weighted by atomic mass is 10.0. The van der Waals surface area contributed by atoms with Gasteiger partial charge in [0.25, 0.3) is 0 Å². The second-order valence-electron chi connectivity index (χ2n) is 3.97. The molecule has 4 nitrogen and oxygen atoms in total. The van der Waals surface area contributed by atoms with E-state index >= 15 is 0 Å². The van der Waals surface area contributed by atoms with Gasteiger partial charge in [0.15, 0.2) is 5.78 Å². The lowest BCUT2D eigenvalue weighted by Crippen LogP contribution is -2.08. The quantitative estimate of drug-likeness (QED) is 0.520. The zero-order valence-electron chi connectivity index (χ0n) is 10.3. The highest BCUT2D eigenvalue weighted by Gasteiger charge is 2.16. The second-order valence-corrected chi connectivity index (χ2v) is 3.97. The molecular weight excluding hydrogens is 244 g/mol. The monoisotopic (exact) mass is 256 g/mol. The SMILES string of the molecule is CC(=O)Oc1cc(O)ccc1C(=O)c1ccccc1. The van der Waals surface area contributed by atoms with E-state index < -0.39 is 5.97 Å². The Morgan fingerprint density at radius 1 is 1.05 bits per heavy atom. The number of rotatable bonds is 3. The normalized spacial score (nSPS) is 9.95. The summed E-state index contributed by atoms with van der Waals surface area (Å²) in [5.41, 5.74) is 0.723. The number of carbonyl (C=O) groups excluding carboxylic acids is 2. The van der Waals surface area contributed by atoms with E-state index in [1.807, 2.05) is 0 Å². The summed E-state index contributed by atoms with van der Waals surface area (Å²) in [6.07, 6.45) is 0. The van der Waals surface area contributed by atoms with E-state index in [0.717, 1.165) is 0 Å². The highest BCUT2D eigenvalue weighted by molar-refractivity contribution is 6.11. The zero-order valence-corrected chi connectivity index (χ0v) is 10.3. The molecule has 2 rings (SSSR count). The third kappa shape index (κ3) is 2.98. The minimum Gasteiger partial charge on any atom is -0.508 e. The fourth-order valence-corrected chi connectivity index (χ4v) is 1.68. The number of esters is 1. The van der Waals surface area contributed by atoms with Crippen LogP contribution in [0.25, 0.3) is 0 Å². The van der Waals surface area contributed by atoms with Crippen molar-refractivity contribution in [2.75, 3.05) is 0 Å². The number of hydrogen-bond acceptors (Lipinski definition) is 4. The molecule has 4 heteroatoms. The highest BCUT2D eigenvalue weighted by atomic mass is 16.5. The van der Waals surface area contributed by atoms with Crippen LogP contribution < -0.4 is 4.74 Å². The van der Waals surface area contributed by atoms with Crippen LogP contribution in [0, 0.1) is 0 Å². The number of hydrogen-bond donors (Lipinski definition) is 1.